The zero-order valence-corrected chi connectivity index (χ0v) is 11.6. The summed E-state index contributed by atoms with van der Waals surface area (Å²) < 4.78 is 18.9. The molecule has 0 amide bonds. The molecule has 0 radical (unpaired) electrons. The van der Waals surface area contributed by atoms with Crippen LogP contribution in [0.3, 0.4) is 0 Å². The van der Waals surface area contributed by atoms with Crippen LogP contribution in [0.4, 0.5) is 4.39 Å². The third kappa shape index (κ3) is 2.85. The zero-order valence-electron chi connectivity index (χ0n) is 10.8. The summed E-state index contributed by atoms with van der Waals surface area (Å²) in [5.41, 5.74) is 1.07. The molecule has 100 valence electrons. The Morgan fingerprint density at radius 3 is 3.05 bits per heavy atom. The van der Waals surface area contributed by atoms with Gasteiger partial charge in [-0.05, 0) is 55.0 Å². The first-order valence-corrected chi connectivity index (χ1v) is 7.42. The fraction of sp³-hybridized carbons (Fsp3) is 0.333. The van der Waals surface area contributed by atoms with E-state index in [9.17, 15) is 4.39 Å². The van der Waals surface area contributed by atoms with Gasteiger partial charge in [0.15, 0.2) is 0 Å². The third-order valence-electron chi connectivity index (χ3n) is 3.33. The maximum atomic E-state index is 13.4. The molecule has 19 heavy (non-hydrogen) atoms. The molecule has 4 heteroatoms. The van der Waals surface area contributed by atoms with Crippen LogP contribution in [0, 0.1) is 12.7 Å². The topological polar surface area (TPSA) is 25.2 Å². The quantitative estimate of drug-likeness (QED) is 0.916. The number of fused-ring (bicyclic) bond motifs is 1. The highest BCUT2D eigenvalue weighted by atomic mass is 32.2. The van der Waals surface area contributed by atoms with Crippen molar-refractivity contribution in [3.05, 3.63) is 53.2 Å². The highest BCUT2D eigenvalue weighted by Crippen LogP contribution is 2.36. The highest BCUT2D eigenvalue weighted by molar-refractivity contribution is 7.99. The fourth-order valence-corrected chi connectivity index (χ4v) is 3.49. The summed E-state index contributed by atoms with van der Waals surface area (Å²) in [5, 5.41) is 3.46. The first-order valence-electron chi connectivity index (χ1n) is 6.43. The number of hydrogen-bond donors (Lipinski definition) is 1. The van der Waals surface area contributed by atoms with Crippen LogP contribution in [-0.2, 0) is 6.54 Å². The SMILES string of the molecule is Cc1ccc(CNC2CCSc3ccc(F)cc32)o1. The number of nitrogens with one attached hydrogen (secondary N) is 1. The lowest BCUT2D eigenvalue weighted by Gasteiger charge is -2.25. The molecule has 0 saturated carbocycles. The summed E-state index contributed by atoms with van der Waals surface area (Å²) in [6.07, 6.45) is 1.01. The zero-order chi connectivity index (χ0) is 13.2. The maximum Gasteiger partial charge on any atom is 0.123 e. The van der Waals surface area contributed by atoms with Crippen LogP contribution in [-0.4, -0.2) is 5.75 Å². The monoisotopic (exact) mass is 277 g/mol. The van der Waals surface area contributed by atoms with Crippen molar-refractivity contribution in [3.63, 3.8) is 0 Å². The minimum atomic E-state index is -0.165. The van der Waals surface area contributed by atoms with Crippen molar-refractivity contribution in [1.29, 1.82) is 0 Å². The van der Waals surface area contributed by atoms with E-state index < -0.39 is 0 Å². The van der Waals surface area contributed by atoms with Gasteiger partial charge in [0.05, 0.1) is 6.54 Å². The third-order valence-corrected chi connectivity index (χ3v) is 4.45. The van der Waals surface area contributed by atoms with Crippen LogP contribution in [0.25, 0.3) is 0 Å². The van der Waals surface area contributed by atoms with Crippen molar-refractivity contribution in [2.75, 3.05) is 5.75 Å². The van der Waals surface area contributed by atoms with Crippen molar-refractivity contribution in [3.8, 4) is 0 Å². The Kier molecular flexibility index (Phi) is 3.62. The van der Waals surface area contributed by atoms with Crippen LogP contribution < -0.4 is 5.32 Å². The number of hydrogen-bond acceptors (Lipinski definition) is 3. The van der Waals surface area contributed by atoms with Gasteiger partial charge in [-0.25, -0.2) is 4.39 Å². The molecule has 1 N–H and O–H groups in total. The van der Waals surface area contributed by atoms with Crippen LogP contribution >= 0.6 is 11.8 Å². The van der Waals surface area contributed by atoms with E-state index in [-0.39, 0.29) is 11.9 Å². The number of halogens is 1. The smallest absolute Gasteiger partial charge is 0.123 e. The molecule has 1 atom stereocenters. The number of aryl methyl sites for hydroxylation is 1. The molecule has 1 unspecified atom stereocenters. The number of thioether (sulfide) groups is 1. The molecule has 1 aliphatic rings. The minimum Gasteiger partial charge on any atom is -0.465 e. The lowest BCUT2D eigenvalue weighted by atomic mass is 10.0. The Morgan fingerprint density at radius 2 is 2.26 bits per heavy atom. The molecule has 2 nitrogen and oxygen atoms in total. The summed E-state index contributed by atoms with van der Waals surface area (Å²) in [6, 6.07) is 9.20. The molecule has 1 aliphatic heterocycles. The van der Waals surface area contributed by atoms with Crippen molar-refractivity contribution >= 4 is 11.8 Å². The number of benzene rings is 1. The predicted molar refractivity (Wildman–Crippen MR) is 74.8 cm³/mol. The average molecular weight is 277 g/mol. The molecular weight excluding hydrogens is 261 g/mol. The van der Waals surface area contributed by atoms with E-state index in [1.165, 1.54) is 11.0 Å². The second-order valence-corrected chi connectivity index (χ2v) is 5.90. The first-order chi connectivity index (χ1) is 9.22. The molecule has 2 heterocycles. The summed E-state index contributed by atoms with van der Waals surface area (Å²) >= 11 is 1.80. The predicted octanol–water partition coefficient (Wildman–Crippen LogP) is 4.05. The van der Waals surface area contributed by atoms with Gasteiger partial charge in [-0.2, -0.15) is 0 Å². The summed E-state index contributed by atoms with van der Waals surface area (Å²) in [7, 11) is 0. The molecular formula is C15H16FNOS. The van der Waals surface area contributed by atoms with Crippen molar-refractivity contribution in [1.82, 2.24) is 5.32 Å². The summed E-state index contributed by atoms with van der Waals surface area (Å²) in [5.74, 6) is 2.74. The van der Waals surface area contributed by atoms with E-state index in [4.69, 9.17) is 4.42 Å². The largest absolute Gasteiger partial charge is 0.465 e. The summed E-state index contributed by atoms with van der Waals surface area (Å²) in [6.45, 7) is 2.62. The van der Waals surface area contributed by atoms with Gasteiger partial charge in [-0.1, -0.05) is 0 Å². The van der Waals surface area contributed by atoms with Crippen molar-refractivity contribution in [2.45, 2.75) is 30.8 Å². The Balaban J connectivity index is 1.74. The van der Waals surface area contributed by atoms with Crippen LogP contribution in [0.2, 0.25) is 0 Å². The van der Waals surface area contributed by atoms with E-state index in [0.29, 0.717) is 6.54 Å². The van der Waals surface area contributed by atoms with E-state index in [0.717, 1.165) is 29.3 Å². The van der Waals surface area contributed by atoms with E-state index in [2.05, 4.69) is 5.32 Å². The van der Waals surface area contributed by atoms with Gasteiger partial charge in [0.2, 0.25) is 0 Å². The molecule has 1 aromatic heterocycles. The van der Waals surface area contributed by atoms with Gasteiger partial charge in [-0.15, -0.1) is 11.8 Å². The van der Waals surface area contributed by atoms with E-state index in [1.807, 2.05) is 25.1 Å². The standard InChI is InChI=1S/C15H16FNOS/c1-10-2-4-12(18-10)9-17-14-6-7-19-15-5-3-11(16)8-13(14)15/h2-5,8,14,17H,6-7,9H2,1H3. The molecule has 0 bridgehead atoms. The molecule has 0 saturated heterocycles. The van der Waals surface area contributed by atoms with Crippen LogP contribution in [0.1, 0.15) is 29.5 Å². The lowest BCUT2D eigenvalue weighted by Crippen LogP contribution is -2.24. The maximum absolute atomic E-state index is 13.4. The molecule has 0 fully saturated rings. The Bertz CT molecular complexity index is 581. The normalized spacial score (nSPS) is 18.3. The second-order valence-electron chi connectivity index (χ2n) is 4.77. The fourth-order valence-electron chi connectivity index (χ4n) is 2.38. The van der Waals surface area contributed by atoms with E-state index in [1.54, 1.807) is 17.8 Å². The van der Waals surface area contributed by atoms with Crippen molar-refractivity contribution < 1.29 is 8.81 Å². The molecule has 3 rings (SSSR count). The highest BCUT2D eigenvalue weighted by Gasteiger charge is 2.21. The van der Waals surface area contributed by atoms with Crippen LogP contribution in [0.15, 0.2) is 39.6 Å². The molecule has 2 aromatic rings. The van der Waals surface area contributed by atoms with Gasteiger partial charge < -0.3 is 9.73 Å². The Morgan fingerprint density at radius 1 is 1.37 bits per heavy atom. The Labute approximate surface area is 116 Å². The van der Waals surface area contributed by atoms with Gasteiger partial charge in [0.25, 0.3) is 0 Å². The van der Waals surface area contributed by atoms with Crippen LogP contribution in [0.5, 0.6) is 0 Å². The minimum absolute atomic E-state index is 0.165. The number of rotatable bonds is 3. The van der Waals surface area contributed by atoms with Gasteiger partial charge in [0, 0.05) is 10.9 Å². The molecule has 0 aliphatic carbocycles. The van der Waals surface area contributed by atoms with Crippen molar-refractivity contribution in [2.24, 2.45) is 0 Å². The summed E-state index contributed by atoms with van der Waals surface area (Å²) in [4.78, 5) is 1.18. The lowest BCUT2D eigenvalue weighted by molar-refractivity contribution is 0.427. The Hall–Kier alpha value is -1.26. The molecule has 1 aromatic carbocycles. The number of furan rings is 1. The van der Waals surface area contributed by atoms with Gasteiger partial charge in [-0.3, -0.25) is 0 Å². The second kappa shape index (κ2) is 5.39. The van der Waals surface area contributed by atoms with E-state index >= 15 is 0 Å². The average Bonchev–Trinajstić information content (AvgIpc) is 2.82. The van der Waals surface area contributed by atoms with Gasteiger partial charge in [0.1, 0.15) is 17.3 Å². The van der Waals surface area contributed by atoms with Gasteiger partial charge >= 0.3 is 0 Å². The first kappa shape index (κ1) is 12.8. The molecule has 0 spiro atoms.